The highest BCUT2D eigenvalue weighted by Crippen LogP contribution is 2.44. The quantitative estimate of drug-likeness (QED) is 0.643. The van der Waals surface area contributed by atoms with Gasteiger partial charge in [-0.05, 0) is 18.9 Å². The highest BCUT2D eigenvalue weighted by atomic mass is 19.3. The predicted octanol–water partition coefficient (Wildman–Crippen LogP) is 2.31. The molecule has 172 valence electrons. The molecule has 1 aliphatic carbocycles. The number of anilines is 1. The van der Waals surface area contributed by atoms with E-state index >= 15 is 4.39 Å². The van der Waals surface area contributed by atoms with Crippen LogP contribution in [0.25, 0.3) is 10.9 Å². The summed E-state index contributed by atoms with van der Waals surface area (Å²) in [5.74, 6) is -3.04. The molecule has 0 spiro atoms. The number of rotatable bonds is 6. The number of alkyl halides is 2. The van der Waals surface area contributed by atoms with E-state index in [1.54, 1.807) is 0 Å². The van der Waals surface area contributed by atoms with Crippen molar-refractivity contribution in [1.29, 1.82) is 0 Å². The van der Waals surface area contributed by atoms with Gasteiger partial charge in [-0.1, -0.05) is 5.16 Å². The van der Waals surface area contributed by atoms with Gasteiger partial charge >= 0.3 is 12.6 Å². The second-order valence-electron chi connectivity index (χ2n) is 7.81. The number of nitrogens with two attached hydrogens (primary N) is 1. The molecule has 1 saturated carbocycles. The molecule has 0 radical (unpaired) electrons. The summed E-state index contributed by atoms with van der Waals surface area (Å²) in [4.78, 5) is 30.5. The van der Waals surface area contributed by atoms with E-state index in [4.69, 9.17) is 15.3 Å². The summed E-state index contributed by atoms with van der Waals surface area (Å²) in [6.07, 6.45) is 2.78. The van der Waals surface area contributed by atoms with E-state index in [0.717, 1.165) is 12.3 Å². The fourth-order valence-corrected chi connectivity index (χ4v) is 4.10. The van der Waals surface area contributed by atoms with E-state index in [9.17, 15) is 23.5 Å². The molecule has 2 fully saturated rings. The van der Waals surface area contributed by atoms with Gasteiger partial charge < -0.3 is 29.9 Å². The Bertz CT molecular complexity index is 1160. The number of carbonyl (C=O) groups is 1. The van der Waals surface area contributed by atoms with Crippen LogP contribution >= 0.6 is 0 Å². The monoisotopic (exact) mass is 454 g/mol. The van der Waals surface area contributed by atoms with Crippen LogP contribution in [0.1, 0.15) is 35.7 Å². The summed E-state index contributed by atoms with van der Waals surface area (Å²) in [5.41, 5.74) is 4.60. The van der Waals surface area contributed by atoms with E-state index < -0.39 is 41.2 Å². The number of nitrogens with zero attached hydrogens (tertiary/aromatic N) is 3. The number of benzene rings is 1. The van der Waals surface area contributed by atoms with Gasteiger partial charge in [0, 0.05) is 31.2 Å². The minimum Gasteiger partial charge on any atom is -0.477 e. The maximum absolute atomic E-state index is 15.3. The Hall–Kier alpha value is -3.28. The summed E-state index contributed by atoms with van der Waals surface area (Å²) >= 11 is 0. The number of carboxylic acid groups (broad SMARTS) is 1. The summed E-state index contributed by atoms with van der Waals surface area (Å²) in [7, 11) is 1.34. The number of piperidine rings is 1. The maximum atomic E-state index is 15.3. The first-order valence-corrected chi connectivity index (χ1v) is 9.90. The molecule has 2 heterocycles. The van der Waals surface area contributed by atoms with Crippen LogP contribution in [-0.4, -0.2) is 54.2 Å². The van der Waals surface area contributed by atoms with E-state index in [-0.39, 0.29) is 35.7 Å². The highest BCUT2D eigenvalue weighted by molar-refractivity contribution is 5.98. The molecule has 32 heavy (non-hydrogen) atoms. The number of hydrogen-bond acceptors (Lipinski definition) is 7. The lowest BCUT2D eigenvalue weighted by Crippen LogP contribution is -2.48. The number of pyridine rings is 1. The lowest BCUT2D eigenvalue weighted by Gasteiger charge is -2.34. The number of oxime groups is 1. The van der Waals surface area contributed by atoms with Crippen LogP contribution in [0.15, 0.2) is 22.2 Å². The van der Waals surface area contributed by atoms with Gasteiger partial charge in [0.2, 0.25) is 5.43 Å². The first-order valence-electron chi connectivity index (χ1n) is 9.90. The maximum Gasteiger partial charge on any atom is 0.387 e. The summed E-state index contributed by atoms with van der Waals surface area (Å²) in [5, 5.41) is 12.9. The van der Waals surface area contributed by atoms with Crippen LogP contribution in [0.5, 0.6) is 5.75 Å². The third-order valence-corrected chi connectivity index (χ3v) is 5.44. The average molecular weight is 454 g/mol. The van der Waals surface area contributed by atoms with Crippen molar-refractivity contribution < 1.29 is 32.6 Å². The molecule has 0 amide bonds. The average Bonchev–Trinajstić information content (AvgIpc) is 3.53. The minimum atomic E-state index is -3.31. The Morgan fingerprint density at radius 1 is 1.38 bits per heavy atom. The van der Waals surface area contributed by atoms with Crippen molar-refractivity contribution in [1.82, 2.24) is 4.57 Å². The fraction of sp³-hybridized carbons (Fsp3) is 0.450. The van der Waals surface area contributed by atoms with Crippen LogP contribution in [-0.2, 0) is 4.84 Å². The van der Waals surface area contributed by atoms with Crippen molar-refractivity contribution in [3.63, 3.8) is 0 Å². The normalized spacial score (nSPS) is 20.2. The number of aromatic carboxylic acids is 1. The summed E-state index contributed by atoms with van der Waals surface area (Å²) in [6.45, 7) is -3.15. The van der Waals surface area contributed by atoms with Crippen LogP contribution < -0.4 is 20.8 Å². The number of halogens is 3. The SMILES string of the molecule is CO/N=C1\CC(N)CN(c2c(F)cc3c(=O)c(C(=O)O)cn(C4CC4)c3c2OC(F)F)C1. The highest BCUT2D eigenvalue weighted by Gasteiger charge is 2.34. The Kier molecular flexibility index (Phi) is 5.71. The molecule has 1 aromatic carbocycles. The molecule has 4 rings (SSSR count). The molecule has 9 nitrogen and oxygen atoms in total. The van der Waals surface area contributed by atoms with Gasteiger partial charge in [-0.15, -0.1) is 0 Å². The minimum absolute atomic E-state index is 0.0461. The second-order valence-corrected chi connectivity index (χ2v) is 7.81. The van der Waals surface area contributed by atoms with Crippen molar-refractivity contribution >= 4 is 28.3 Å². The Morgan fingerprint density at radius 3 is 2.69 bits per heavy atom. The number of aromatic nitrogens is 1. The van der Waals surface area contributed by atoms with E-state index in [2.05, 4.69) is 5.16 Å². The van der Waals surface area contributed by atoms with Gasteiger partial charge in [0.05, 0.1) is 23.2 Å². The van der Waals surface area contributed by atoms with E-state index in [1.165, 1.54) is 16.6 Å². The summed E-state index contributed by atoms with van der Waals surface area (Å²) in [6, 6.07) is 0.167. The van der Waals surface area contributed by atoms with Gasteiger partial charge in [-0.2, -0.15) is 8.78 Å². The molecule has 2 aliphatic rings. The Balaban J connectivity index is 2.02. The molecule has 1 aromatic heterocycles. The molecule has 12 heteroatoms. The molecule has 1 aliphatic heterocycles. The first kappa shape index (κ1) is 21.9. The number of ether oxygens (including phenoxy) is 1. The predicted molar refractivity (Wildman–Crippen MR) is 109 cm³/mol. The largest absolute Gasteiger partial charge is 0.477 e. The lowest BCUT2D eigenvalue weighted by molar-refractivity contribution is -0.0488. The van der Waals surface area contributed by atoms with Gasteiger partial charge in [0.15, 0.2) is 11.6 Å². The van der Waals surface area contributed by atoms with Crippen LogP contribution in [0, 0.1) is 5.82 Å². The summed E-state index contributed by atoms with van der Waals surface area (Å²) < 4.78 is 48.4. The van der Waals surface area contributed by atoms with E-state index in [1.807, 2.05) is 0 Å². The first-order chi connectivity index (χ1) is 15.2. The topological polar surface area (TPSA) is 119 Å². The van der Waals surface area contributed by atoms with Crippen molar-refractivity contribution in [2.75, 3.05) is 25.1 Å². The molecule has 1 saturated heterocycles. The molecule has 2 aromatic rings. The van der Waals surface area contributed by atoms with E-state index in [0.29, 0.717) is 25.0 Å². The van der Waals surface area contributed by atoms with Gasteiger partial charge in [0.25, 0.3) is 0 Å². The smallest absolute Gasteiger partial charge is 0.387 e. The van der Waals surface area contributed by atoms with Gasteiger partial charge in [-0.3, -0.25) is 4.79 Å². The Morgan fingerprint density at radius 2 is 2.09 bits per heavy atom. The lowest BCUT2D eigenvalue weighted by atomic mass is 10.0. The number of fused-ring (bicyclic) bond motifs is 1. The van der Waals surface area contributed by atoms with Crippen molar-refractivity contribution in [3.05, 3.63) is 33.9 Å². The van der Waals surface area contributed by atoms with Crippen LogP contribution in [0.3, 0.4) is 0 Å². The van der Waals surface area contributed by atoms with Crippen molar-refractivity contribution in [2.45, 2.75) is 38.0 Å². The zero-order valence-corrected chi connectivity index (χ0v) is 17.1. The van der Waals surface area contributed by atoms with Crippen molar-refractivity contribution in [3.8, 4) is 5.75 Å². The third kappa shape index (κ3) is 3.97. The molecular formula is C20H21F3N4O5. The van der Waals surface area contributed by atoms with Crippen LogP contribution in [0.4, 0.5) is 18.9 Å². The van der Waals surface area contributed by atoms with Gasteiger partial charge in [-0.25, -0.2) is 9.18 Å². The second kappa shape index (κ2) is 8.34. The van der Waals surface area contributed by atoms with Crippen molar-refractivity contribution in [2.24, 2.45) is 10.9 Å². The Labute approximate surface area is 179 Å². The molecular weight excluding hydrogens is 433 g/mol. The third-order valence-electron chi connectivity index (χ3n) is 5.44. The fourth-order valence-electron chi connectivity index (χ4n) is 4.10. The zero-order valence-electron chi connectivity index (χ0n) is 17.1. The number of hydrogen-bond donors (Lipinski definition) is 2. The molecule has 0 bridgehead atoms. The van der Waals surface area contributed by atoms with Gasteiger partial charge in [0.1, 0.15) is 18.4 Å². The molecule has 1 unspecified atom stereocenters. The zero-order chi connectivity index (χ0) is 23.2. The number of carboxylic acids is 1. The molecule has 3 N–H and O–H groups in total. The molecule has 1 atom stereocenters. The van der Waals surface area contributed by atoms with Crippen LogP contribution in [0.2, 0.25) is 0 Å². The standard InChI is InChI=1S/C20H21F3N4O5/c1-31-25-10-4-9(24)6-26(7-10)16-14(21)5-12-15(18(16)32-20(22)23)27(11-2-3-11)8-13(17(12)28)19(29)30/h5,8-9,11,20H,2-4,6-7,24H2,1H3,(H,29,30)/b25-10+.